The summed E-state index contributed by atoms with van der Waals surface area (Å²) in [4.78, 5) is 23.2. The highest BCUT2D eigenvalue weighted by molar-refractivity contribution is 6.31. The van der Waals surface area contributed by atoms with E-state index in [9.17, 15) is 4.79 Å². The summed E-state index contributed by atoms with van der Waals surface area (Å²) in [7, 11) is 0. The summed E-state index contributed by atoms with van der Waals surface area (Å²) in [5, 5.41) is 3.83. The number of amides is 1. The van der Waals surface area contributed by atoms with Crippen LogP contribution < -0.4 is 5.32 Å². The third-order valence-corrected chi connectivity index (χ3v) is 5.14. The molecule has 0 bridgehead atoms. The van der Waals surface area contributed by atoms with E-state index in [0.29, 0.717) is 29.6 Å². The maximum Gasteiger partial charge on any atom is 0.274 e. The summed E-state index contributed by atoms with van der Waals surface area (Å²) in [5.74, 6) is 0.470. The first-order valence-corrected chi connectivity index (χ1v) is 9.19. The molecule has 3 aromatic rings. The lowest BCUT2D eigenvalue weighted by Crippen LogP contribution is -2.36. The number of benzene rings is 2. The molecule has 6 heteroatoms. The Kier molecular flexibility index (Phi) is 4.77. The zero-order valence-electron chi connectivity index (χ0n) is 14.9. The molecule has 0 atom stereocenters. The van der Waals surface area contributed by atoms with Gasteiger partial charge in [-0.15, -0.1) is 0 Å². The summed E-state index contributed by atoms with van der Waals surface area (Å²) >= 11 is 6.14. The number of rotatable bonds is 3. The molecule has 0 saturated carbocycles. The zero-order chi connectivity index (χ0) is 18.8. The normalized spacial score (nSPS) is 13.2. The number of hydrogen-bond acceptors (Lipinski definition) is 4. The summed E-state index contributed by atoms with van der Waals surface area (Å²) in [6, 6.07) is 13.9. The number of nitrogens with zero attached hydrogens (tertiary/aromatic N) is 3. The van der Waals surface area contributed by atoms with Gasteiger partial charge in [-0.2, -0.15) is 0 Å². The molecule has 136 valence electrons. The van der Waals surface area contributed by atoms with E-state index < -0.39 is 0 Å². The van der Waals surface area contributed by atoms with Crippen molar-refractivity contribution < 1.29 is 4.79 Å². The van der Waals surface area contributed by atoms with E-state index in [2.05, 4.69) is 27.4 Å². The molecule has 1 aliphatic rings. The molecule has 0 fully saturated rings. The van der Waals surface area contributed by atoms with Crippen LogP contribution in [0.1, 0.15) is 27.2 Å². The van der Waals surface area contributed by atoms with Crippen molar-refractivity contribution in [2.75, 3.05) is 11.9 Å². The fourth-order valence-corrected chi connectivity index (χ4v) is 3.33. The maximum atomic E-state index is 12.7. The smallest absolute Gasteiger partial charge is 0.274 e. The van der Waals surface area contributed by atoms with Crippen molar-refractivity contribution in [3.05, 3.63) is 82.3 Å². The van der Waals surface area contributed by atoms with Crippen LogP contribution in [0.2, 0.25) is 5.02 Å². The Bertz CT molecular complexity index is 988. The topological polar surface area (TPSA) is 58.1 Å². The number of aromatic nitrogens is 2. The average Bonchev–Trinajstić information content (AvgIpc) is 2.70. The zero-order valence-corrected chi connectivity index (χ0v) is 15.7. The van der Waals surface area contributed by atoms with Crippen LogP contribution >= 0.6 is 11.6 Å². The number of nitrogens with one attached hydrogen (secondary N) is 1. The first-order chi connectivity index (χ1) is 13.1. The van der Waals surface area contributed by atoms with Crippen LogP contribution in [0.15, 0.2) is 54.9 Å². The van der Waals surface area contributed by atoms with Gasteiger partial charge in [-0.3, -0.25) is 4.79 Å². The van der Waals surface area contributed by atoms with Crippen molar-refractivity contribution in [1.29, 1.82) is 0 Å². The van der Waals surface area contributed by atoms with E-state index in [4.69, 9.17) is 11.6 Å². The Balaban J connectivity index is 1.46. The Morgan fingerprint density at radius 2 is 1.93 bits per heavy atom. The second-order valence-corrected chi connectivity index (χ2v) is 7.03. The number of anilines is 2. The van der Waals surface area contributed by atoms with Crippen LogP contribution in [-0.2, 0) is 13.0 Å². The highest BCUT2D eigenvalue weighted by Crippen LogP contribution is 2.23. The van der Waals surface area contributed by atoms with E-state index in [1.165, 1.54) is 17.3 Å². The molecule has 0 unspecified atom stereocenters. The highest BCUT2D eigenvalue weighted by Gasteiger charge is 2.22. The summed E-state index contributed by atoms with van der Waals surface area (Å²) in [6.45, 7) is 3.25. The van der Waals surface area contributed by atoms with Crippen molar-refractivity contribution in [3.8, 4) is 0 Å². The van der Waals surface area contributed by atoms with Gasteiger partial charge in [0.1, 0.15) is 11.5 Å². The fourth-order valence-electron chi connectivity index (χ4n) is 3.15. The number of hydrogen-bond donors (Lipinski definition) is 1. The maximum absolute atomic E-state index is 12.7. The average molecular weight is 379 g/mol. The summed E-state index contributed by atoms with van der Waals surface area (Å²) in [5.41, 5.74) is 4.69. The molecule has 0 radical (unpaired) electrons. The molecule has 5 nitrogen and oxygen atoms in total. The van der Waals surface area contributed by atoms with Crippen molar-refractivity contribution in [2.24, 2.45) is 0 Å². The van der Waals surface area contributed by atoms with E-state index in [1.54, 1.807) is 6.20 Å². The van der Waals surface area contributed by atoms with Gasteiger partial charge in [-0.1, -0.05) is 41.9 Å². The molecule has 1 aromatic heterocycles. The minimum atomic E-state index is -0.0954. The van der Waals surface area contributed by atoms with Crippen LogP contribution in [0, 0.1) is 6.92 Å². The van der Waals surface area contributed by atoms with Crippen molar-refractivity contribution in [3.63, 3.8) is 0 Å². The Morgan fingerprint density at radius 1 is 1.11 bits per heavy atom. The van der Waals surface area contributed by atoms with E-state index in [0.717, 1.165) is 17.7 Å². The number of halogens is 1. The van der Waals surface area contributed by atoms with Gasteiger partial charge in [0.15, 0.2) is 0 Å². The Morgan fingerprint density at radius 3 is 2.67 bits per heavy atom. The summed E-state index contributed by atoms with van der Waals surface area (Å²) < 4.78 is 0. The van der Waals surface area contributed by atoms with Crippen molar-refractivity contribution in [1.82, 2.24) is 14.9 Å². The standard InChI is InChI=1S/C21H19ClN4O/c1-14-6-7-17(10-18(14)22)25-20-12-23-19(11-24-20)21(27)26-9-8-15-4-2-3-5-16(15)13-26/h2-7,10-12H,8-9,13H2,1H3,(H,24,25). The van der Waals surface area contributed by atoms with Gasteiger partial charge < -0.3 is 10.2 Å². The Labute approximate surface area is 163 Å². The van der Waals surface area contributed by atoms with Gasteiger partial charge >= 0.3 is 0 Å². The third-order valence-electron chi connectivity index (χ3n) is 4.73. The lowest BCUT2D eigenvalue weighted by molar-refractivity contribution is 0.0728. The molecule has 2 heterocycles. The SMILES string of the molecule is Cc1ccc(Nc2cnc(C(=O)N3CCc4ccccc4C3)cn2)cc1Cl. The second-order valence-electron chi connectivity index (χ2n) is 6.62. The molecule has 2 aromatic carbocycles. The van der Waals surface area contributed by atoms with Gasteiger partial charge in [0.25, 0.3) is 5.91 Å². The van der Waals surface area contributed by atoms with Gasteiger partial charge in [-0.25, -0.2) is 9.97 Å². The minimum Gasteiger partial charge on any atom is -0.339 e. The van der Waals surface area contributed by atoms with Gasteiger partial charge in [0.2, 0.25) is 0 Å². The van der Waals surface area contributed by atoms with Gasteiger partial charge in [-0.05, 0) is 42.2 Å². The number of carbonyl (C=O) groups excluding carboxylic acids is 1. The van der Waals surface area contributed by atoms with Gasteiger partial charge in [0, 0.05) is 23.8 Å². The molecule has 0 spiro atoms. The highest BCUT2D eigenvalue weighted by atomic mass is 35.5. The predicted octanol–water partition coefficient (Wildman–Crippen LogP) is 4.38. The summed E-state index contributed by atoms with van der Waals surface area (Å²) in [6.07, 6.45) is 3.95. The second kappa shape index (κ2) is 7.37. The molecule has 1 N–H and O–H groups in total. The van der Waals surface area contributed by atoms with Crippen LogP contribution in [0.5, 0.6) is 0 Å². The molecule has 27 heavy (non-hydrogen) atoms. The molecular weight excluding hydrogens is 360 g/mol. The Hall–Kier alpha value is -2.92. The monoisotopic (exact) mass is 378 g/mol. The largest absolute Gasteiger partial charge is 0.339 e. The van der Waals surface area contributed by atoms with Crippen molar-refractivity contribution >= 4 is 29.0 Å². The van der Waals surface area contributed by atoms with Crippen LogP contribution in [0.4, 0.5) is 11.5 Å². The lowest BCUT2D eigenvalue weighted by Gasteiger charge is -2.28. The quantitative estimate of drug-likeness (QED) is 0.734. The van der Waals surface area contributed by atoms with Crippen LogP contribution in [0.3, 0.4) is 0 Å². The fraction of sp³-hybridized carbons (Fsp3) is 0.190. The van der Waals surface area contributed by atoms with E-state index in [-0.39, 0.29) is 5.91 Å². The molecule has 0 saturated heterocycles. The van der Waals surface area contributed by atoms with Gasteiger partial charge in [0.05, 0.1) is 12.4 Å². The van der Waals surface area contributed by atoms with E-state index in [1.807, 2.05) is 42.2 Å². The molecule has 0 aliphatic carbocycles. The predicted molar refractivity (Wildman–Crippen MR) is 106 cm³/mol. The van der Waals surface area contributed by atoms with Crippen LogP contribution in [-0.4, -0.2) is 27.3 Å². The first-order valence-electron chi connectivity index (χ1n) is 8.81. The lowest BCUT2D eigenvalue weighted by atomic mass is 10.00. The first kappa shape index (κ1) is 17.5. The van der Waals surface area contributed by atoms with E-state index >= 15 is 0 Å². The molecule has 1 aliphatic heterocycles. The number of fused-ring (bicyclic) bond motifs is 1. The minimum absolute atomic E-state index is 0.0954. The number of aryl methyl sites for hydroxylation is 1. The third kappa shape index (κ3) is 3.78. The number of carbonyl (C=O) groups is 1. The van der Waals surface area contributed by atoms with Crippen LogP contribution in [0.25, 0.3) is 0 Å². The van der Waals surface area contributed by atoms with Crippen molar-refractivity contribution in [2.45, 2.75) is 19.9 Å². The molecular formula is C21H19ClN4O. The molecule has 4 rings (SSSR count). The molecule has 1 amide bonds.